The van der Waals surface area contributed by atoms with Gasteiger partial charge in [0.05, 0.1) is 12.8 Å². The minimum absolute atomic E-state index is 1.14. The second kappa shape index (κ2) is 7.62. The van der Waals surface area contributed by atoms with Gasteiger partial charge in [0.25, 0.3) is 0 Å². The van der Waals surface area contributed by atoms with Crippen molar-refractivity contribution in [3.8, 4) is 0 Å². The number of aromatic amines is 1. The van der Waals surface area contributed by atoms with E-state index < -0.39 is 36.4 Å². The number of aliphatic hydroxyl groups is 1. The number of hydrogen-bond acceptors (Lipinski definition) is 5. The van der Waals surface area contributed by atoms with E-state index in [4.69, 9.17) is 20.4 Å². The van der Waals surface area contributed by atoms with Gasteiger partial charge in [-0.05, 0) is 12.1 Å². The molecule has 0 spiro atoms. The van der Waals surface area contributed by atoms with Crippen molar-refractivity contribution < 1.29 is 34.8 Å². The van der Waals surface area contributed by atoms with Crippen LogP contribution in [0, 0.1) is 0 Å². The Hall–Kier alpha value is -3.46. The molecule has 0 aliphatic rings. The molecular weight excluding hydrogens is 344 g/mol. The van der Waals surface area contributed by atoms with Gasteiger partial charge in [0.2, 0.25) is 0 Å². The second-order valence-corrected chi connectivity index (χ2v) is 5.57. The van der Waals surface area contributed by atoms with Crippen LogP contribution in [0.4, 0.5) is 0 Å². The molecule has 0 aliphatic heterocycles. The number of nitrogens with zero attached hydrogens (tertiary/aromatic N) is 1. The smallest absolute Gasteiger partial charge is 0.336 e. The van der Waals surface area contributed by atoms with Crippen molar-refractivity contribution in [2.45, 2.75) is 18.4 Å². The van der Waals surface area contributed by atoms with Crippen LogP contribution in [0.25, 0.3) is 21.8 Å². The van der Waals surface area contributed by atoms with Gasteiger partial charge in [-0.15, -0.1) is 0 Å². The van der Waals surface area contributed by atoms with Crippen molar-refractivity contribution in [2.24, 2.45) is 0 Å². The molecule has 9 nitrogen and oxygen atoms in total. The fourth-order valence-electron chi connectivity index (χ4n) is 2.40. The van der Waals surface area contributed by atoms with Crippen LogP contribution >= 0.6 is 0 Å². The normalized spacial score (nSPS) is 11.0. The monoisotopic (exact) mass is 360 g/mol. The fourth-order valence-corrected chi connectivity index (χ4v) is 2.40. The lowest BCUT2D eigenvalue weighted by atomic mass is 9.96. The molecule has 0 atom stereocenters. The average molecular weight is 360 g/mol. The molecule has 0 fully saturated rings. The van der Waals surface area contributed by atoms with Gasteiger partial charge < -0.3 is 25.4 Å². The standard InChI is InChI=1S/C11H8N2.C6H8O7/c1-2-4-10-8(3-1)9-7-12-6-5-11(9)13-10;7-3(8)1-6(13,5(11)12)2-4(9)10/h1-7,13H;13H,1-2H2,(H,7,8)(H,9,10)(H,11,12). The van der Waals surface area contributed by atoms with E-state index in [9.17, 15) is 14.4 Å². The van der Waals surface area contributed by atoms with E-state index in [1.165, 1.54) is 16.3 Å². The summed E-state index contributed by atoms with van der Waals surface area (Å²) in [6, 6.07) is 10.3. The molecule has 3 aromatic rings. The van der Waals surface area contributed by atoms with Gasteiger partial charge in [0.1, 0.15) is 0 Å². The maximum absolute atomic E-state index is 10.3. The highest BCUT2D eigenvalue weighted by Crippen LogP contribution is 2.23. The quantitative estimate of drug-likeness (QED) is 0.457. The predicted octanol–water partition coefficient (Wildman–Crippen LogP) is 1.47. The zero-order valence-corrected chi connectivity index (χ0v) is 13.4. The lowest BCUT2D eigenvalue weighted by molar-refractivity contribution is -0.170. The fraction of sp³-hybridized carbons (Fsp3) is 0.176. The van der Waals surface area contributed by atoms with Crippen molar-refractivity contribution in [1.29, 1.82) is 0 Å². The Bertz CT molecular complexity index is 898. The van der Waals surface area contributed by atoms with Crippen molar-refractivity contribution in [3.63, 3.8) is 0 Å². The number of carboxylic acids is 3. The highest BCUT2D eigenvalue weighted by Gasteiger charge is 2.40. The van der Waals surface area contributed by atoms with Crippen molar-refractivity contribution in [1.82, 2.24) is 9.97 Å². The summed E-state index contributed by atoms with van der Waals surface area (Å²) < 4.78 is 0. The Morgan fingerprint density at radius 2 is 1.50 bits per heavy atom. The Morgan fingerprint density at radius 3 is 2.08 bits per heavy atom. The maximum Gasteiger partial charge on any atom is 0.336 e. The third-order valence-electron chi connectivity index (χ3n) is 3.59. The number of aromatic nitrogens is 2. The van der Waals surface area contributed by atoms with Crippen LogP contribution in [-0.2, 0) is 14.4 Å². The van der Waals surface area contributed by atoms with E-state index >= 15 is 0 Å². The molecule has 3 rings (SSSR count). The molecule has 0 saturated heterocycles. The molecule has 0 bridgehead atoms. The molecule has 2 aromatic heterocycles. The van der Waals surface area contributed by atoms with Gasteiger partial charge in [-0.1, -0.05) is 18.2 Å². The molecule has 0 unspecified atom stereocenters. The van der Waals surface area contributed by atoms with E-state index in [2.05, 4.69) is 22.1 Å². The number of fused-ring (bicyclic) bond motifs is 3. The summed E-state index contributed by atoms with van der Waals surface area (Å²) in [4.78, 5) is 37.9. The number of H-pyrrole nitrogens is 1. The van der Waals surface area contributed by atoms with Gasteiger partial charge in [-0.2, -0.15) is 0 Å². The number of carboxylic acid groups (broad SMARTS) is 3. The zero-order chi connectivity index (χ0) is 19.3. The number of hydrogen-bond donors (Lipinski definition) is 5. The van der Waals surface area contributed by atoms with Crippen LogP contribution in [0.5, 0.6) is 0 Å². The van der Waals surface area contributed by atoms with Gasteiger partial charge in [-0.3, -0.25) is 14.6 Å². The number of carbonyl (C=O) groups is 3. The van der Waals surface area contributed by atoms with Crippen LogP contribution in [0.3, 0.4) is 0 Å². The molecule has 0 aliphatic carbocycles. The topological polar surface area (TPSA) is 161 Å². The molecule has 26 heavy (non-hydrogen) atoms. The molecule has 5 N–H and O–H groups in total. The molecule has 9 heteroatoms. The van der Waals surface area contributed by atoms with Gasteiger partial charge >= 0.3 is 17.9 Å². The minimum atomic E-state index is -2.74. The second-order valence-electron chi connectivity index (χ2n) is 5.57. The van der Waals surface area contributed by atoms with Crippen LogP contribution in [-0.4, -0.2) is 53.9 Å². The van der Waals surface area contributed by atoms with Crippen LogP contribution in [0.15, 0.2) is 42.7 Å². The van der Waals surface area contributed by atoms with Crippen molar-refractivity contribution >= 4 is 39.7 Å². The summed E-state index contributed by atoms with van der Waals surface area (Å²) in [7, 11) is 0. The largest absolute Gasteiger partial charge is 0.481 e. The number of benzene rings is 1. The Balaban J connectivity index is 0.000000187. The summed E-state index contributed by atoms with van der Waals surface area (Å²) in [5.41, 5.74) is -0.417. The van der Waals surface area contributed by atoms with E-state index in [1.54, 1.807) is 6.20 Å². The highest BCUT2D eigenvalue weighted by molar-refractivity contribution is 6.06. The summed E-state index contributed by atoms with van der Waals surface area (Å²) in [6.07, 6.45) is 1.41. The highest BCUT2D eigenvalue weighted by atomic mass is 16.4. The molecule has 0 amide bonds. The SMILES string of the molecule is O=C(O)CC(O)(CC(=O)O)C(=O)O.c1ccc2c(c1)[nH]c1ccncc12. The first-order valence-corrected chi connectivity index (χ1v) is 7.43. The molecule has 136 valence electrons. The lowest BCUT2D eigenvalue weighted by Gasteiger charge is -2.18. The first-order valence-electron chi connectivity index (χ1n) is 7.43. The number of nitrogens with one attached hydrogen (secondary N) is 1. The zero-order valence-electron chi connectivity index (χ0n) is 13.4. The molecule has 0 radical (unpaired) electrons. The van der Waals surface area contributed by atoms with Crippen LogP contribution in [0.1, 0.15) is 12.8 Å². The average Bonchev–Trinajstić information content (AvgIpc) is 2.92. The number of aliphatic carboxylic acids is 3. The Morgan fingerprint density at radius 1 is 0.923 bits per heavy atom. The van der Waals surface area contributed by atoms with E-state index in [1.807, 2.05) is 24.4 Å². The number of para-hydroxylation sites is 1. The van der Waals surface area contributed by atoms with E-state index in [0.29, 0.717) is 0 Å². The minimum Gasteiger partial charge on any atom is -0.481 e. The Labute approximate surface area is 146 Å². The molecule has 0 saturated carbocycles. The first kappa shape index (κ1) is 18.9. The third-order valence-corrected chi connectivity index (χ3v) is 3.59. The first-order chi connectivity index (χ1) is 12.2. The molecule has 1 aromatic carbocycles. The molecular formula is C17H16N2O7. The van der Waals surface area contributed by atoms with Crippen LogP contribution < -0.4 is 0 Å². The number of pyridine rings is 1. The predicted molar refractivity (Wildman–Crippen MR) is 90.7 cm³/mol. The van der Waals surface area contributed by atoms with Gasteiger partial charge in [0, 0.05) is 34.2 Å². The summed E-state index contributed by atoms with van der Waals surface area (Å²) >= 11 is 0. The van der Waals surface area contributed by atoms with E-state index in [-0.39, 0.29) is 0 Å². The Kier molecular flexibility index (Phi) is 5.53. The van der Waals surface area contributed by atoms with Crippen molar-refractivity contribution in [3.05, 3.63) is 42.7 Å². The third kappa shape index (κ3) is 4.33. The maximum atomic E-state index is 10.3. The van der Waals surface area contributed by atoms with Gasteiger partial charge in [0.15, 0.2) is 5.60 Å². The summed E-state index contributed by atoms with van der Waals surface area (Å²) in [5.74, 6) is -5.02. The van der Waals surface area contributed by atoms with Crippen molar-refractivity contribution in [2.75, 3.05) is 0 Å². The summed E-state index contributed by atoms with van der Waals surface area (Å²) in [5, 5.41) is 36.2. The molecule has 2 heterocycles. The van der Waals surface area contributed by atoms with E-state index in [0.717, 1.165) is 5.52 Å². The number of rotatable bonds is 5. The lowest BCUT2D eigenvalue weighted by Crippen LogP contribution is -2.42. The van der Waals surface area contributed by atoms with Crippen LogP contribution in [0.2, 0.25) is 0 Å². The van der Waals surface area contributed by atoms with Gasteiger partial charge in [-0.25, -0.2) is 4.79 Å². The summed E-state index contributed by atoms with van der Waals surface area (Å²) in [6.45, 7) is 0.